The van der Waals surface area contributed by atoms with Crippen molar-refractivity contribution in [1.29, 1.82) is 0 Å². The van der Waals surface area contributed by atoms with Crippen LogP contribution in [0.1, 0.15) is 72.4 Å². The van der Waals surface area contributed by atoms with Gasteiger partial charge in [0.25, 0.3) is 0 Å². The van der Waals surface area contributed by atoms with Gasteiger partial charge in [0.2, 0.25) is 0 Å². The largest absolute Gasteiger partial charge is 0.416 e. The Morgan fingerprint density at radius 1 is 0.950 bits per heavy atom. The lowest BCUT2D eigenvalue weighted by molar-refractivity contribution is -0.143. The van der Waals surface area contributed by atoms with Gasteiger partial charge in [-0.3, -0.25) is 4.79 Å². The Morgan fingerprint density at radius 2 is 1.60 bits per heavy atom. The van der Waals surface area contributed by atoms with Gasteiger partial charge in [0.05, 0.1) is 23.3 Å². The van der Waals surface area contributed by atoms with Crippen LogP contribution >= 0.6 is 0 Å². The van der Waals surface area contributed by atoms with Crippen LogP contribution in [0.25, 0.3) is 0 Å². The van der Waals surface area contributed by atoms with Crippen molar-refractivity contribution in [3.8, 4) is 0 Å². The normalized spacial score (nSPS) is 28.0. The minimum atomic E-state index is -4.95. The monoisotopic (exact) mass is 567 g/mol. The Kier molecular flexibility index (Phi) is 7.54. The minimum Gasteiger partial charge on any atom is -0.373 e. The molecule has 2 fully saturated rings. The van der Waals surface area contributed by atoms with E-state index < -0.39 is 41.9 Å². The summed E-state index contributed by atoms with van der Waals surface area (Å²) in [6.45, 7) is 3.89. The number of benzene rings is 2. The first-order valence-electron chi connectivity index (χ1n) is 13.4. The zero-order chi connectivity index (χ0) is 29.0. The zero-order valence-corrected chi connectivity index (χ0v) is 22.1. The molecule has 2 aromatic rings. The van der Waals surface area contributed by atoms with E-state index in [0.717, 1.165) is 29.0 Å². The molecule has 2 aromatic carbocycles. The number of hydrogen-bond acceptors (Lipinski definition) is 4. The molecule has 2 aliphatic carbocycles. The number of alkyl halides is 6. The number of nitrogens with zero attached hydrogens (tertiary/aromatic N) is 1. The summed E-state index contributed by atoms with van der Waals surface area (Å²) in [5.41, 5.74) is -0.196. The molecule has 0 radical (unpaired) electrons. The molecule has 4 nitrogen and oxygen atoms in total. The van der Waals surface area contributed by atoms with Gasteiger partial charge in [-0.15, -0.1) is 0 Å². The van der Waals surface area contributed by atoms with Crippen molar-refractivity contribution in [3.63, 3.8) is 0 Å². The van der Waals surface area contributed by atoms with E-state index in [0.29, 0.717) is 32.2 Å². The van der Waals surface area contributed by atoms with Crippen LogP contribution in [-0.4, -0.2) is 34.7 Å². The lowest BCUT2D eigenvalue weighted by Gasteiger charge is -2.41. The average molecular weight is 568 g/mol. The van der Waals surface area contributed by atoms with E-state index in [1.165, 1.54) is 6.92 Å². The number of carbonyl (C=O) groups excluding carboxylic acids is 1. The third-order valence-corrected chi connectivity index (χ3v) is 8.64. The third-order valence-electron chi connectivity index (χ3n) is 8.64. The van der Waals surface area contributed by atoms with Crippen LogP contribution in [0.15, 0.2) is 54.2 Å². The molecule has 0 spiro atoms. The summed E-state index contributed by atoms with van der Waals surface area (Å²) in [7, 11) is 0. The number of aliphatic hydroxyl groups excluding tert-OH is 1. The number of halogens is 6. The van der Waals surface area contributed by atoms with E-state index in [4.69, 9.17) is 4.74 Å². The van der Waals surface area contributed by atoms with Crippen LogP contribution in [0.5, 0.6) is 0 Å². The Hall–Kier alpha value is -2.85. The molecule has 5 rings (SSSR count). The Balaban J connectivity index is 1.48. The lowest BCUT2D eigenvalue weighted by Crippen LogP contribution is -2.39. The number of allylic oxidation sites excluding steroid dienone is 2. The van der Waals surface area contributed by atoms with E-state index >= 15 is 0 Å². The summed E-state index contributed by atoms with van der Waals surface area (Å²) in [4.78, 5) is 13.8. The first-order chi connectivity index (χ1) is 18.7. The smallest absolute Gasteiger partial charge is 0.373 e. The highest BCUT2D eigenvalue weighted by atomic mass is 19.4. The molecular weight excluding hydrogens is 536 g/mol. The Labute approximate surface area is 228 Å². The van der Waals surface area contributed by atoms with Gasteiger partial charge in [0.15, 0.2) is 5.78 Å². The van der Waals surface area contributed by atoms with E-state index in [-0.39, 0.29) is 35.2 Å². The number of rotatable bonds is 5. The van der Waals surface area contributed by atoms with E-state index in [1.54, 1.807) is 6.08 Å². The molecule has 0 amide bonds. The number of fused-ring (bicyclic) bond motifs is 1. The van der Waals surface area contributed by atoms with Crippen LogP contribution < -0.4 is 0 Å². The number of ketones is 1. The fraction of sp³-hybridized carbons (Fsp3) is 0.500. The number of likely N-dealkylation sites (tertiary alicyclic amines) is 1. The first kappa shape index (κ1) is 28.7. The highest BCUT2D eigenvalue weighted by Gasteiger charge is 2.51. The molecule has 6 atom stereocenters. The van der Waals surface area contributed by atoms with Crippen molar-refractivity contribution in [2.75, 3.05) is 6.54 Å². The third kappa shape index (κ3) is 5.52. The van der Waals surface area contributed by atoms with Crippen molar-refractivity contribution in [1.82, 2.24) is 4.90 Å². The van der Waals surface area contributed by atoms with Gasteiger partial charge in [-0.05, 0) is 73.9 Å². The molecule has 1 saturated carbocycles. The maximum atomic E-state index is 13.5. The minimum absolute atomic E-state index is 0.0156. The number of hydrogen-bond donors (Lipinski definition) is 1. The second-order valence-electron chi connectivity index (χ2n) is 11.1. The van der Waals surface area contributed by atoms with Gasteiger partial charge in [-0.25, -0.2) is 0 Å². The van der Waals surface area contributed by atoms with Gasteiger partial charge in [-0.2, -0.15) is 26.3 Å². The molecule has 40 heavy (non-hydrogen) atoms. The standard InChI is InChI=1S/C30H31F6NO3/c1-16-5-3-4-6-23(16)27-25-15-37(21-7-8-22(38)14-21)28(39)24(25)9-10-26(27)40-17(2)18-11-19(29(31,32)33)13-20(12-18)30(34,35)36/h3-6,11-14,17,24-28,39H,7-10,15H2,1-2H3/t17-,24+,25-,26+,27+,28?/m1/s1. The van der Waals surface area contributed by atoms with Crippen molar-refractivity contribution >= 4 is 5.78 Å². The molecule has 1 heterocycles. The lowest BCUT2D eigenvalue weighted by atomic mass is 9.68. The molecule has 1 N–H and O–H groups in total. The van der Waals surface area contributed by atoms with Crippen LogP contribution in [-0.2, 0) is 21.9 Å². The number of aliphatic hydroxyl groups is 1. The summed E-state index contributed by atoms with van der Waals surface area (Å²) < 4.78 is 87.3. The molecule has 10 heteroatoms. The van der Waals surface area contributed by atoms with Crippen LogP contribution in [0.3, 0.4) is 0 Å². The number of ether oxygens (including phenoxy) is 1. The Bertz CT molecular complexity index is 1270. The second kappa shape index (κ2) is 10.5. The number of carbonyl (C=O) groups is 1. The van der Waals surface area contributed by atoms with Crippen molar-refractivity contribution in [3.05, 3.63) is 82.1 Å². The predicted octanol–water partition coefficient (Wildman–Crippen LogP) is 7.17. The summed E-state index contributed by atoms with van der Waals surface area (Å²) in [5.74, 6) is -0.456. The summed E-state index contributed by atoms with van der Waals surface area (Å²) in [5, 5.41) is 11.2. The molecule has 1 unspecified atom stereocenters. The van der Waals surface area contributed by atoms with Crippen molar-refractivity contribution < 1.29 is 41.0 Å². The molecule has 0 bridgehead atoms. The first-order valence-corrected chi connectivity index (χ1v) is 13.4. The quantitative estimate of drug-likeness (QED) is 0.390. The second-order valence-corrected chi connectivity index (χ2v) is 11.1. The van der Waals surface area contributed by atoms with E-state index in [9.17, 15) is 36.2 Å². The van der Waals surface area contributed by atoms with Gasteiger partial charge in [0.1, 0.15) is 6.23 Å². The van der Waals surface area contributed by atoms with Crippen molar-refractivity contribution in [2.45, 2.75) is 76.2 Å². The topological polar surface area (TPSA) is 49.8 Å². The Morgan fingerprint density at radius 3 is 2.17 bits per heavy atom. The molecule has 216 valence electrons. The molecule has 3 aliphatic rings. The molecular formula is C30H31F6NO3. The van der Waals surface area contributed by atoms with Crippen molar-refractivity contribution in [2.24, 2.45) is 11.8 Å². The molecule has 1 aliphatic heterocycles. The highest BCUT2D eigenvalue weighted by Crippen LogP contribution is 2.51. The highest BCUT2D eigenvalue weighted by molar-refractivity contribution is 5.92. The predicted molar refractivity (Wildman–Crippen MR) is 135 cm³/mol. The number of aryl methyl sites for hydroxylation is 1. The SMILES string of the molecule is Cc1ccccc1[C@H]1[C@@H]2CN(C3=CC(=O)CC3)C(O)[C@H]2CC[C@@H]1O[C@H](C)c1cc(C(F)(F)F)cc(C(F)(F)F)c1. The fourth-order valence-corrected chi connectivity index (χ4v) is 6.67. The van der Waals surface area contributed by atoms with E-state index in [1.807, 2.05) is 36.1 Å². The van der Waals surface area contributed by atoms with E-state index in [2.05, 4.69) is 0 Å². The maximum absolute atomic E-state index is 13.5. The zero-order valence-electron chi connectivity index (χ0n) is 22.1. The summed E-state index contributed by atoms with van der Waals surface area (Å²) in [6, 6.07) is 9.25. The van der Waals surface area contributed by atoms with Gasteiger partial charge in [0, 0.05) is 36.6 Å². The average Bonchev–Trinajstić information content (AvgIpc) is 3.46. The van der Waals surface area contributed by atoms with Gasteiger partial charge >= 0.3 is 12.4 Å². The van der Waals surface area contributed by atoms with Gasteiger partial charge in [-0.1, -0.05) is 24.3 Å². The molecule has 0 aromatic heterocycles. The van der Waals surface area contributed by atoms with Crippen LogP contribution in [0.4, 0.5) is 26.3 Å². The fourth-order valence-electron chi connectivity index (χ4n) is 6.67. The maximum Gasteiger partial charge on any atom is 0.416 e. The summed E-state index contributed by atoms with van der Waals surface area (Å²) in [6.07, 6.45) is -8.67. The summed E-state index contributed by atoms with van der Waals surface area (Å²) >= 11 is 0. The van der Waals surface area contributed by atoms with Gasteiger partial charge < -0.3 is 14.7 Å². The molecule has 1 saturated heterocycles. The van der Waals surface area contributed by atoms with Crippen LogP contribution in [0, 0.1) is 18.8 Å². The van der Waals surface area contributed by atoms with Crippen LogP contribution in [0.2, 0.25) is 0 Å².